The smallest absolute Gasteiger partial charge is 0.219 e. The van der Waals surface area contributed by atoms with Crippen molar-refractivity contribution in [1.82, 2.24) is 9.88 Å². The summed E-state index contributed by atoms with van der Waals surface area (Å²) in [6.45, 7) is 6.35. The van der Waals surface area contributed by atoms with Gasteiger partial charge in [-0.3, -0.25) is 9.78 Å². The Morgan fingerprint density at radius 2 is 2.07 bits per heavy atom. The minimum Gasteiger partial charge on any atom is -0.336 e. The first kappa shape index (κ1) is 10.7. The SMILES string of the molecule is CCN(C(C)=O)C(C)c1ccncc1. The molecule has 1 amide bonds. The molecule has 14 heavy (non-hydrogen) atoms. The number of amides is 1. The summed E-state index contributed by atoms with van der Waals surface area (Å²) in [4.78, 5) is 17.1. The number of carbonyl (C=O) groups excluding carboxylic acids is 1. The van der Waals surface area contributed by atoms with Crippen molar-refractivity contribution in [3.05, 3.63) is 30.1 Å². The van der Waals surface area contributed by atoms with Crippen molar-refractivity contribution in [2.24, 2.45) is 0 Å². The molecule has 3 heteroatoms. The van der Waals surface area contributed by atoms with Crippen LogP contribution in [0.2, 0.25) is 0 Å². The fourth-order valence-electron chi connectivity index (χ4n) is 1.59. The standard InChI is InChI=1S/C11H16N2O/c1-4-13(10(3)14)9(2)11-5-7-12-8-6-11/h5-9H,4H2,1-3H3. The zero-order valence-corrected chi connectivity index (χ0v) is 8.90. The second-order valence-electron chi connectivity index (χ2n) is 3.26. The van der Waals surface area contributed by atoms with Crippen molar-refractivity contribution in [3.63, 3.8) is 0 Å². The van der Waals surface area contributed by atoms with E-state index in [2.05, 4.69) is 4.98 Å². The predicted molar refractivity (Wildman–Crippen MR) is 55.7 cm³/mol. The Morgan fingerprint density at radius 3 is 2.50 bits per heavy atom. The quantitative estimate of drug-likeness (QED) is 0.734. The molecule has 1 unspecified atom stereocenters. The molecule has 1 aromatic rings. The largest absolute Gasteiger partial charge is 0.336 e. The third-order valence-electron chi connectivity index (χ3n) is 2.40. The average molecular weight is 192 g/mol. The van der Waals surface area contributed by atoms with Crippen LogP contribution < -0.4 is 0 Å². The van der Waals surface area contributed by atoms with Gasteiger partial charge in [-0.25, -0.2) is 0 Å². The summed E-state index contributed by atoms with van der Waals surface area (Å²) in [5, 5.41) is 0. The minimum absolute atomic E-state index is 0.108. The first-order valence-corrected chi connectivity index (χ1v) is 4.84. The Balaban J connectivity index is 2.83. The monoisotopic (exact) mass is 192 g/mol. The molecule has 0 saturated heterocycles. The topological polar surface area (TPSA) is 33.2 Å². The van der Waals surface area contributed by atoms with Crippen LogP contribution in [0.3, 0.4) is 0 Å². The average Bonchev–Trinajstić information content (AvgIpc) is 2.19. The van der Waals surface area contributed by atoms with Crippen molar-refractivity contribution in [2.75, 3.05) is 6.54 Å². The summed E-state index contributed by atoms with van der Waals surface area (Å²) in [5.74, 6) is 0.108. The van der Waals surface area contributed by atoms with Gasteiger partial charge >= 0.3 is 0 Å². The van der Waals surface area contributed by atoms with Crippen LogP contribution in [-0.2, 0) is 4.79 Å². The van der Waals surface area contributed by atoms with E-state index >= 15 is 0 Å². The van der Waals surface area contributed by atoms with Crippen LogP contribution >= 0.6 is 0 Å². The number of hydrogen-bond donors (Lipinski definition) is 0. The van der Waals surface area contributed by atoms with Gasteiger partial charge in [-0.2, -0.15) is 0 Å². The molecule has 1 atom stereocenters. The summed E-state index contributed by atoms with van der Waals surface area (Å²) >= 11 is 0. The first-order chi connectivity index (χ1) is 6.66. The predicted octanol–water partition coefficient (Wildman–Crippen LogP) is 2.01. The summed E-state index contributed by atoms with van der Waals surface area (Å²) in [7, 11) is 0. The molecule has 1 aromatic heterocycles. The highest BCUT2D eigenvalue weighted by Crippen LogP contribution is 2.18. The maximum Gasteiger partial charge on any atom is 0.219 e. The van der Waals surface area contributed by atoms with E-state index in [1.54, 1.807) is 19.3 Å². The van der Waals surface area contributed by atoms with Crippen molar-refractivity contribution >= 4 is 5.91 Å². The molecule has 0 aliphatic rings. The van der Waals surface area contributed by atoms with Crippen molar-refractivity contribution in [1.29, 1.82) is 0 Å². The number of rotatable bonds is 3. The van der Waals surface area contributed by atoms with Gasteiger partial charge in [-0.05, 0) is 31.5 Å². The molecule has 0 fully saturated rings. The molecule has 0 aromatic carbocycles. The Hall–Kier alpha value is -1.38. The first-order valence-electron chi connectivity index (χ1n) is 4.84. The van der Waals surface area contributed by atoms with E-state index in [4.69, 9.17) is 0 Å². The molecule has 0 aliphatic heterocycles. The Labute approximate surface area is 84.8 Å². The second-order valence-corrected chi connectivity index (χ2v) is 3.26. The fraction of sp³-hybridized carbons (Fsp3) is 0.455. The molecule has 0 bridgehead atoms. The van der Waals surface area contributed by atoms with Gasteiger partial charge in [-0.1, -0.05) is 0 Å². The molecular weight excluding hydrogens is 176 g/mol. The normalized spacial score (nSPS) is 12.2. The summed E-state index contributed by atoms with van der Waals surface area (Å²) < 4.78 is 0. The lowest BCUT2D eigenvalue weighted by Crippen LogP contribution is -2.31. The summed E-state index contributed by atoms with van der Waals surface area (Å²) in [5.41, 5.74) is 1.12. The molecule has 3 nitrogen and oxygen atoms in total. The van der Waals surface area contributed by atoms with E-state index in [1.807, 2.05) is 30.9 Å². The number of pyridine rings is 1. The third kappa shape index (κ3) is 2.31. The number of hydrogen-bond acceptors (Lipinski definition) is 2. The lowest BCUT2D eigenvalue weighted by molar-refractivity contribution is -0.130. The van der Waals surface area contributed by atoms with Crippen molar-refractivity contribution < 1.29 is 4.79 Å². The molecular formula is C11H16N2O. The van der Waals surface area contributed by atoms with Crippen LogP contribution in [0.4, 0.5) is 0 Å². The highest BCUT2D eigenvalue weighted by Gasteiger charge is 2.15. The summed E-state index contributed by atoms with van der Waals surface area (Å²) in [6, 6.07) is 4.01. The molecule has 76 valence electrons. The van der Waals surface area contributed by atoms with Gasteiger partial charge in [0.25, 0.3) is 0 Å². The van der Waals surface area contributed by atoms with Crippen LogP contribution in [0.15, 0.2) is 24.5 Å². The number of nitrogens with zero attached hydrogens (tertiary/aromatic N) is 2. The van der Waals surface area contributed by atoms with Gasteiger partial charge in [0.1, 0.15) is 0 Å². The van der Waals surface area contributed by atoms with Crippen molar-refractivity contribution in [2.45, 2.75) is 26.8 Å². The van der Waals surface area contributed by atoms with Gasteiger partial charge in [0.2, 0.25) is 5.91 Å². The van der Waals surface area contributed by atoms with E-state index in [0.29, 0.717) is 0 Å². The van der Waals surface area contributed by atoms with Crippen LogP contribution in [0.5, 0.6) is 0 Å². The van der Waals surface area contributed by atoms with Crippen LogP contribution in [0, 0.1) is 0 Å². The maximum absolute atomic E-state index is 11.3. The van der Waals surface area contributed by atoms with E-state index in [0.717, 1.165) is 12.1 Å². The molecule has 0 spiro atoms. The third-order valence-corrected chi connectivity index (χ3v) is 2.40. The molecule has 0 aliphatic carbocycles. The van der Waals surface area contributed by atoms with E-state index in [9.17, 15) is 4.79 Å². The highest BCUT2D eigenvalue weighted by molar-refractivity contribution is 5.73. The summed E-state index contributed by atoms with van der Waals surface area (Å²) in [6.07, 6.45) is 3.50. The van der Waals surface area contributed by atoms with Crippen molar-refractivity contribution in [3.8, 4) is 0 Å². The zero-order chi connectivity index (χ0) is 10.6. The maximum atomic E-state index is 11.3. The van der Waals surface area contributed by atoms with Gasteiger partial charge in [0, 0.05) is 25.9 Å². The second kappa shape index (κ2) is 4.74. The lowest BCUT2D eigenvalue weighted by atomic mass is 10.1. The van der Waals surface area contributed by atoms with E-state index in [-0.39, 0.29) is 11.9 Å². The van der Waals surface area contributed by atoms with Gasteiger partial charge in [0.15, 0.2) is 0 Å². The van der Waals surface area contributed by atoms with Gasteiger partial charge in [0.05, 0.1) is 6.04 Å². The molecule has 0 N–H and O–H groups in total. The van der Waals surface area contributed by atoms with E-state index < -0.39 is 0 Å². The molecule has 0 radical (unpaired) electrons. The Morgan fingerprint density at radius 1 is 1.50 bits per heavy atom. The number of aromatic nitrogens is 1. The van der Waals surface area contributed by atoms with Gasteiger partial charge in [-0.15, -0.1) is 0 Å². The minimum atomic E-state index is 0.108. The number of carbonyl (C=O) groups is 1. The molecule has 1 heterocycles. The zero-order valence-electron chi connectivity index (χ0n) is 8.90. The lowest BCUT2D eigenvalue weighted by Gasteiger charge is -2.26. The van der Waals surface area contributed by atoms with Crippen LogP contribution in [-0.4, -0.2) is 22.3 Å². The Bertz CT molecular complexity index is 297. The fourth-order valence-corrected chi connectivity index (χ4v) is 1.59. The Kier molecular flexibility index (Phi) is 3.63. The van der Waals surface area contributed by atoms with Crippen LogP contribution in [0.25, 0.3) is 0 Å². The van der Waals surface area contributed by atoms with Gasteiger partial charge < -0.3 is 4.90 Å². The molecule has 0 saturated carbocycles. The van der Waals surface area contributed by atoms with E-state index in [1.165, 1.54) is 0 Å². The molecule has 1 rings (SSSR count). The van der Waals surface area contributed by atoms with Crippen LogP contribution in [0.1, 0.15) is 32.4 Å². The highest BCUT2D eigenvalue weighted by atomic mass is 16.2.